The fourth-order valence-electron chi connectivity index (χ4n) is 3.23. The van der Waals surface area contributed by atoms with E-state index in [2.05, 4.69) is 14.5 Å². The molecule has 5 nitrogen and oxygen atoms in total. The van der Waals surface area contributed by atoms with Crippen molar-refractivity contribution in [3.8, 4) is 0 Å². The first-order valence-corrected chi connectivity index (χ1v) is 9.69. The minimum absolute atomic E-state index is 0.171. The fourth-order valence-corrected chi connectivity index (χ4v) is 4.54. The van der Waals surface area contributed by atoms with Gasteiger partial charge in [0.15, 0.2) is 9.84 Å². The first-order chi connectivity index (χ1) is 11.1. The van der Waals surface area contributed by atoms with Crippen LogP contribution in [0.15, 0.2) is 47.6 Å². The highest BCUT2D eigenvalue weighted by Gasteiger charge is 2.25. The van der Waals surface area contributed by atoms with Crippen molar-refractivity contribution >= 4 is 9.84 Å². The number of likely N-dealkylation sites (tertiary alicyclic amines) is 1. The van der Waals surface area contributed by atoms with E-state index in [4.69, 9.17) is 0 Å². The highest BCUT2D eigenvalue weighted by molar-refractivity contribution is 7.91. The minimum atomic E-state index is -3.20. The summed E-state index contributed by atoms with van der Waals surface area (Å²) in [6.07, 6.45) is 6.00. The topological polar surface area (TPSA) is 55.2 Å². The Balaban J connectivity index is 1.61. The van der Waals surface area contributed by atoms with Crippen LogP contribution < -0.4 is 0 Å². The van der Waals surface area contributed by atoms with Gasteiger partial charge in [-0.15, -0.1) is 0 Å². The molecule has 0 radical (unpaired) electrons. The normalized spacial score (nSPS) is 19.8. The number of piperidine rings is 1. The lowest BCUT2D eigenvalue weighted by Crippen LogP contribution is -2.38. The number of rotatable bonds is 5. The molecule has 1 aromatic heterocycles. The van der Waals surface area contributed by atoms with E-state index in [1.54, 1.807) is 24.3 Å². The predicted octanol–water partition coefficient (Wildman–Crippen LogP) is 2.07. The van der Waals surface area contributed by atoms with Gasteiger partial charge in [-0.25, -0.2) is 13.4 Å². The van der Waals surface area contributed by atoms with E-state index in [0.29, 0.717) is 17.4 Å². The summed E-state index contributed by atoms with van der Waals surface area (Å²) in [6.45, 7) is 2.43. The SMILES string of the molecule is Cn1ccnc1[C@@H]1CCCN(CCS(=O)(=O)c2ccccc2)C1. The maximum atomic E-state index is 12.4. The summed E-state index contributed by atoms with van der Waals surface area (Å²) in [5, 5.41) is 0. The van der Waals surface area contributed by atoms with Crippen LogP contribution in [0.25, 0.3) is 0 Å². The zero-order valence-corrected chi connectivity index (χ0v) is 14.2. The molecular formula is C17H23N3O2S. The average molecular weight is 333 g/mol. The van der Waals surface area contributed by atoms with Gasteiger partial charge in [0.2, 0.25) is 0 Å². The van der Waals surface area contributed by atoms with Gasteiger partial charge in [-0.2, -0.15) is 0 Å². The fraction of sp³-hybridized carbons (Fsp3) is 0.471. The van der Waals surface area contributed by atoms with E-state index in [9.17, 15) is 8.42 Å². The van der Waals surface area contributed by atoms with Crippen molar-refractivity contribution in [3.63, 3.8) is 0 Å². The number of benzene rings is 1. The maximum Gasteiger partial charge on any atom is 0.179 e. The lowest BCUT2D eigenvalue weighted by atomic mass is 9.97. The van der Waals surface area contributed by atoms with Crippen LogP contribution in [0.1, 0.15) is 24.6 Å². The molecule has 1 atom stereocenters. The third-order valence-corrected chi connectivity index (χ3v) is 6.22. The van der Waals surface area contributed by atoms with Crippen molar-refractivity contribution in [3.05, 3.63) is 48.5 Å². The number of imidazole rings is 1. The Bertz CT molecular complexity index is 740. The largest absolute Gasteiger partial charge is 0.338 e. The summed E-state index contributed by atoms with van der Waals surface area (Å²) in [4.78, 5) is 7.12. The van der Waals surface area contributed by atoms with Crippen molar-refractivity contribution in [1.29, 1.82) is 0 Å². The molecule has 1 aliphatic heterocycles. The lowest BCUT2D eigenvalue weighted by Gasteiger charge is -2.32. The number of sulfone groups is 1. The van der Waals surface area contributed by atoms with E-state index >= 15 is 0 Å². The average Bonchev–Trinajstić information content (AvgIpc) is 3.00. The number of aromatic nitrogens is 2. The van der Waals surface area contributed by atoms with Crippen LogP contribution in [0.2, 0.25) is 0 Å². The maximum absolute atomic E-state index is 12.4. The van der Waals surface area contributed by atoms with Crippen LogP contribution in [0, 0.1) is 0 Å². The molecule has 124 valence electrons. The number of hydrogen-bond donors (Lipinski definition) is 0. The number of aryl methyl sites for hydroxylation is 1. The molecule has 1 aromatic carbocycles. The van der Waals surface area contributed by atoms with Crippen LogP contribution in [-0.2, 0) is 16.9 Å². The highest BCUT2D eigenvalue weighted by atomic mass is 32.2. The Kier molecular flexibility index (Phi) is 4.82. The van der Waals surface area contributed by atoms with Crippen molar-refractivity contribution in [2.24, 2.45) is 7.05 Å². The Morgan fingerprint density at radius 1 is 1.26 bits per heavy atom. The summed E-state index contributed by atoms with van der Waals surface area (Å²) >= 11 is 0. The lowest BCUT2D eigenvalue weighted by molar-refractivity contribution is 0.213. The van der Waals surface area contributed by atoms with E-state index in [1.165, 1.54) is 0 Å². The first-order valence-electron chi connectivity index (χ1n) is 8.03. The smallest absolute Gasteiger partial charge is 0.179 e. The number of nitrogens with zero attached hydrogens (tertiary/aromatic N) is 3. The van der Waals surface area contributed by atoms with E-state index < -0.39 is 9.84 Å². The highest BCUT2D eigenvalue weighted by Crippen LogP contribution is 2.25. The van der Waals surface area contributed by atoms with Crippen LogP contribution in [0.5, 0.6) is 0 Å². The number of hydrogen-bond acceptors (Lipinski definition) is 4. The molecular weight excluding hydrogens is 310 g/mol. The van der Waals surface area contributed by atoms with Crippen molar-refractivity contribution in [2.75, 3.05) is 25.4 Å². The molecule has 0 bridgehead atoms. The molecule has 0 saturated carbocycles. The molecule has 1 saturated heterocycles. The van der Waals surface area contributed by atoms with E-state index in [0.717, 1.165) is 31.8 Å². The second kappa shape index (κ2) is 6.84. The van der Waals surface area contributed by atoms with Gasteiger partial charge in [-0.3, -0.25) is 0 Å². The van der Waals surface area contributed by atoms with Crippen LogP contribution in [0.4, 0.5) is 0 Å². The summed E-state index contributed by atoms with van der Waals surface area (Å²) in [5.41, 5.74) is 0. The molecule has 3 rings (SSSR count). The third-order valence-electron chi connectivity index (χ3n) is 4.51. The van der Waals surface area contributed by atoms with Gasteiger partial charge in [-0.1, -0.05) is 18.2 Å². The molecule has 1 aliphatic rings. The molecule has 1 fully saturated rings. The van der Waals surface area contributed by atoms with Crippen LogP contribution in [-0.4, -0.2) is 48.3 Å². The van der Waals surface area contributed by atoms with Gasteiger partial charge in [0.1, 0.15) is 5.82 Å². The van der Waals surface area contributed by atoms with Gasteiger partial charge in [-0.05, 0) is 31.5 Å². The molecule has 0 amide bonds. The molecule has 0 N–H and O–H groups in total. The Morgan fingerprint density at radius 3 is 2.74 bits per heavy atom. The molecule has 2 heterocycles. The second-order valence-corrected chi connectivity index (χ2v) is 8.28. The molecule has 0 unspecified atom stereocenters. The van der Waals surface area contributed by atoms with Crippen molar-refractivity contribution in [1.82, 2.24) is 14.5 Å². The zero-order valence-electron chi connectivity index (χ0n) is 13.4. The standard InChI is InChI=1S/C17H23N3O2S/c1-19-11-9-18-17(19)15-6-5-10-20(14-15)12-13-23(21,22)16-7-3-2-4-8-16/h2-4,7-9,11,15H,5-6,10,12-14H2,1H3/t15-/m1/s1. The summed E-state index contributed by atoms with van der Waals surface area (Å²) in [6, 6.07) is 8.71. The monoisotopic (exact) mass is 333 g/mol. The van der Waals surface area contributed by atoms with Crippen LogP contribution >= 0.6 is 0 Å². The van der Waals surface area contributed by atoms with Crippen LogP contribution in [0.3, 0.4) is 0 Å². The van der Waals surface area contributed by atoms with Gasteiger partial charge < -0.3 is 9.47 Å². The second-order valence-electron chi connectivity index (χ2n) is 6.17. The predicted molar refractivity (Wildman–Crippen MR) is 90.1 cm³/mol. The van der Waals surface area contributed by atoms with Gasteiger partial charge in [0, 0.05) is 38.4 Å². The molecule has 23 heavy (non-hydrogen) atoms. The summed E-state index contributed by atoms with van der Waals surface area (Å²) in [7, 11) is -1.19. The van der Waals surface area contributed by atoms with Crippen molar-refractivity contribution in [2.45, 2.75) is 23.7 Å². The summed E-state index contributed by atoms with van der Waals surface area (Å²) in [5.74, 6) is 1.66. The van der Waals surface area contributed by atoms with Gasteiger partial charge in [0.05, 0.1) is 10.6 Å². The molecule has 6 heteroatoms. The van der Waals surface area contributed by atoms with Crippen molar-refractivity contribution < 1.29 is 8.42 Å². The Hall–Kier alpha value is -1.66. The quantitative estimate of drug-likeness (QED) is 0.840. The summed E-state index contributed by atoms with van der Waals surface area (Å²) < 4.78 is 26.9. The first kappa shape index (κ1) is 16.2. The Labute approximate surface area is 137 Å². The zero-order chi connectivity index (χ0) is 16.3. The third kappa shape index (κ3) is 3.82. The minimum Gasteiger partial charge on any atom is -0.338 e. The van der Waals surface area contributed by atoms with Gasteiger partial charge >= 0.3 is 0 Å². The molecule has 2 aromatic rings. The molecule has 0 aliphatic carbocycles. The van der Waals surface area contributed by atoms with E-state index in [-0.39, 0.29) is 5.75 Å². The van der Waals surface area contributed by atoms with E-state index in [1.807, 2.05) is 25.5 Å². The molecule has 0 spiro atoms. The Morgan fingerprint density at radius 2 is 2.04 bits per heavy atom. The van der Waals surface area contributed by atoms with Gasteiger partial charge in [0.25, 0.3) is 0 Å².